The van der Waals surface area contributed by atoms with Gasteiger partial charge in [-0.1, -0.05) is 45.4 Å². The standard InChI is InChI=1S/C15H28O2/c1-2-3-4-5-8-11-17-14-12-13(16)15(14)9-6-7-10-15/h13-14,16H,2-12H2,1H3. The van der Waals surface area contributed by atoms with Crippen molar-refractivity contribution in [1.82, 2.24) is 0 Å². The molecular weight excluding hydrogens is 212 g/mol. The van der Waals surface area contributed by atoms with Crippen molar-refractivity contribution in [2.45, 2.75) is 83.3 Å². The van der Waals surface area contributed by atoms with E-state index in [4.69, 9.17) is 4.74 Å². The second-order valence-corrected chi connectivity index (χ2v) is 5.97. The van der Waals surface area contributed by atoms with Gasteiger partial charge in [-0.3, -0.25) is 0 Å². The van der Waals surface area contributed by atoms with Gasteiger partial charge in [-0.2, -0.15) is 0 Å². The number of unbranched alkanes of at least 4 members (excludes halogenated alkanes) is 4. The lowest BCUT2D eigenvalue weighted by atomic mass is 9.62. The third-order valence-corrected chi connectivity index (χ3v) is 4.84. The Morgan fingerprint density at radius 1 is 1.12 bits per heavy atom. The molecule has 17 heavy (non-hydrogen) atoms. The van der Waals surface area contributed by atoms with Crippen molar-refractivity contribution in [1.29, 1.82) is 0 Å². The average molecular weight is 240 g/mol. The van der Waals surface area contributed by atoms with E-state index in [0.29, 0.717) is 6.10 Å². The SMILES string of the molecule is CCCCCCCOC1CC(O)C12CCCC2. The van der Waals surface area contributed by atoms with Crippen molar-refractivity contribution in [2.24, 2.45) is 5.41 Å². The van der Waals surface area contributed by atoms with Gasteiger partial charge >= 0.3 is 0 Å². The molecule has 0 heterocycles. The number of hydrogen-bond acceptors (Lipinski definition) is 2. The third kappa shape index (κ3) is 2.85. The van der Waals surface area contributed by atoms with Crippen LogP contribution in [0.15, 0.2) is 0 Å². The summed E-state index contributed by atoms with van der Waals surface area (Å²) in [7, 11) is 0. The molecule has 0 aromatic carbocycles. The van der Waals surface area contributed by atoms with Gasteiger partial charge in [0.25, 0.3) is 0 Å². The molecule has 0 saturated heterocycles. The van der Waals surface area contributed by atoms with Crippen LogP contribution in [-0.4, -0.2) is 23.9 Å². The lowest BCUT2D eigenvalue weighted by Crippen LogP contribution is -2.56. The fraction of sp³-hybridized carbons (Fsp3) is 1.00. The van der Waals surface area contributed by atoms with Gasteiger partial charge in [0.05, 0.1) is 12.2 Å². The minimum absolute atomic E-state index is 0.0740. The summed E-state index contributed by atoms with van der Waals surface area (Å²) >= 11 is 0. The van der Waals surface area contributed by atoms with Crippen molar-refractivity contribution in [3.8, 4) is 0 Å². The van der Waals surface area contributed by atoms with Crippen LogP contribution >= 0.6 is 0 Å². The average Bonchev–Trinajstić information content (AvgIpc) is 2.84. The smallest absolute Gasteiger partial charge is 0.0680 e. The van der Waals surface area contributed by atoms with Crippen LogP contribution in [0.4, 0.5) is 0 Å². The predicted octanol–water partition coefficient (Wildman–Crippen LogP) is 3.67. The zero-order chi connectivity index (χ0) is 12.1. The molecule has 2 rings (SSSR count). The molecule has 2 aliphatic carbocycles. The summed E-state index contributed by atoms with van der Waals surface area (Å²) in [5.74, 6) is 0. The van der Waals surface area contributed by atoms with Crippen LogP contribution in [0, 0.1) is 5.41 Å². The van der Waals surface area contributed by atoms with Crippen LogP contribution in [-0.2, 0) is 4.74 Å². The Morgan fingerprint density at radius 3 is 2.47 bits per heavy atom. The Bertz CT molecular complexity index is 221. The monoisotopic (exact) mass is 240 g/mol. The molecule has 2 unspecified atom stereocenters. The molecule has 0 bridgehead atoms. The molecule has 2 nitrogen and oxygen atoms in total. The molecule has 0 radical (unpaired) electrons. The number of hydrogen-bond donors (Lipinski definition) is 1. The van der Waals surface area contributed by atoms with Gasteiger partial charge in [0.15, 0.2) is 0 Å². The zero-order valence-electron chi connectivity index (χ0n) is 11.3. The molecule has 0 aromatic heterocycles. The van der Waals surface area contributed by atoms with E-state index in [9.17, 15) is 5.11 Å². The summed E-state index contributed by atoms with van der Waals surface area (Å²) in [5, 5.41) is 9.96. The maximum atomic E-state index is 9.96. The van der Waals surface area contributed by atoms with Crippen LogP contribution in [0.3, 0.4) is 0 Å². The molecule has 1 N–H and O–H groups in total. The predicted molar refractivity (Wildman–Crippen MR) is 70.0 cm³/mol. The van der Waals surface area contributed by atoms with E-state index in [2.05, 4.69) is 6.92 Å². The Kier molecular flexibility index (Phi) is 4.87. The van der Waals surface area contributed by atoms with E-state index in [1.165, 1.54) is 57.8 Å². The maximum Gasteiger partial charge on any atom is 0.0680 e. The van der Waals surface area contributed by atoms with E-state index >= 15 is 0 Å². The van der Waals surface area contributed by atoms with Gasteiger partial charge in [0, 0.05) is 18.4 Å². The molecule has 0 aromatic rings. The van der Waals surface area contributed by atoms with E-state index in [1.807, 2.05) is 0 Å². The molecule has 0 amide bonds. The molecule has 100 valence electrons. The quantitative estimate of drug-likeness (QED) is 0.688. The van der Waals surface area contributed by atoms with Gasteiger partial charge < -0.3 is 9.84 Å². The summed E-state index contributed by atoms with van der Waals surface area (Å²) in [6, 6.07) is 0. The van der Waals surface area contributed by atoms with Crippen molar-refractivity contribution in [3.63, 3.8) is 0 Å². The van der Waals surface area contributed by atoms with E-state index in [0.717, 1.165) is 13.0 Å². The van der Waals surface area contributed by atoms with Gasteiger partial charge in [-0.05, 0) is 19.3 Å². The molecule has 2 saturated carbocycles. The van der Waals surface area contributed by atoms with Gasteiger partial charge in [0.2, 0.25) is 0 Å². The third-order valence-electron chi connectivity index (χ3n) is 4.84. The van der Waals surface area contributed by atoms with Gasteiger partial charge in [-0.25, -0.2) is 0 Å². The first-order valence-electron chi connectivity index (χ1n) is 7.59. The summed E-state index contributed by atoms with van der Waals surface area (Å²) in [6.07, 6.45) is 12.6. The first-order valence-corrected chi connectivity index (χ1v) is 7.59. The second kappa shape index (κ2) is 6.19. The maximum absolute atomic E-state index is 9.96. The molecule has 0 aliphatic heterocycles. The summed E-state index contributed by atoms with van der Waals surface area (Å²) in [6.45, 7) is 3.15. The lowest BCUT2D eigenvalue weighted by Gasteiger charge is -2.51. The van der Waals surface area contributed by atoms with Crippen molar-refractivity contribution in [2.75, 3.05) is 6.61 Å². The Morgan fingerprint density at radius 2 is 1.82 bits per heavy atom. The number of ether oxygens (including phenoxy) is 1. The topological polar surface area (TPSA) is 29.5 Å². The van der Waals surface area contributed by atoms with Crippen LogP contribution in [0.2, 0.25) is 0 Å². The Hall–Kier alpha value is -0.0800. The largest absolute Gasteiger partial charge is 0.392 e. The minimum Gasteiger partial charge on any atom is -0.392 e. The highest BCUT2D eigenvalue weighted by Crippen LogP contribution is 2.54. The molecular formula is C15H28O2. The molecule has 2 heteroatoms. The normalized spacial score (nSPS) is 30.7. The van der Waals surface area contributed by atoms with Crippen LogP contribution in [0.5, 0.6) is 0 Å². The van der Waals surface area contributed by atoms with Gasteiger partial charge in [-0.15, -0.1) is 0 Å². The summed E-state index contributed by atoms with van der Waals surface area (Å²) in [4.78, 5) is 0. The molecule has 2 atom stereocenters. The number of aliphatic hydroxyl groups excluding tert-OH is 1. The van der Waals surface area contributed by atoms with Crippen molar-refractivity contribution >= 4 is 0 Å². The second-order valence-electron chi connectivity index (χ2n) is 5.97. The fourth-order valence-electron chi connectivity index (χ4n) is 3.58. The highest BCUT2D eigenvalue weighted by molar-refractivity contribution is 5.06. The van der Waals surface area contributed by atoms with Crippen LogP contribution in [0.1, 0.15) is 71.1 Å². The van der Waals surface area contributed by atoms with Crippen molar-refractivity contribution in [3.05, 3.63) is 0 Å². The van der Waals surface area contributed by atoms with E-state index < -0.39 is 0 Å². The molecule has 2 aliphatic rings. The first-order chi connectivity index (χ1) is 8.29. The Labute approximate surface area is 106 Å². The highest BCUT2D eigenvalue weighted by atomic mass is 16.5. The number of rotatable bonds is 7. The zero-order valence-corrected chi connectivity index (χ0v) is 11.3. The first kappa shape index (κ1) is 13.4. The highest BCUT2D eigenvalue weighted by Gasteiger charge is 2.56. The molecule has 2 fully saturated rings. The number of aliphatic hydroxyl groups is 1. The summed E-state index contributed by atoms with van der Waals surface area (Å²) < 4.78 is 6.01. The molecule has 1 spiro atoms. The fourth-order valence-corrected chi connectivity index (χ4v) is 3.58. The minimum atomic E-state index is -0.0740. The Balaban J connectivity index is 1.60. The van der Waals surface area contributed by atoms with Crippen molar-refractivity contribution < 1.29 is 9.84 Å². The van der Waals surface area contributed by atoms with Crippen LogP contribution in [0.25, 0.3) is 0 Å². The van der Waals surface area contributed by atoms with Crippen LogP contribution < -0.4 is 0 Å². The van der Waals surface area contributed by atoms with E-state index in [1.54, 1.807) is 0 Å². The van der Waals surface area contributed by atoms with E-state index in [-0.39, 0.29) is 11.5 Å². The summed E-state index contributed by atoms with van der Waals surface area (Å²) in [5.41, 5.74) is 0.170. The van der Waals surface area contributed by atoms with Gasteiger partial charge in [0.1, 0.15) is 0 Å². The lowest BCUT2D eigenvalue weighted by molar-refractivity contribution is -0.189.